The molecule has 0 unspecified atom stereocenters. The molecule has 7 aromatic rings. The molecule has 1 aliphatic carbocycles. The lowest BCUT2D eigenvalue weighted by molar-refractivity contribution is 0.521. The minimum atomic E-state index is -0.206. The monoisotopic (exact) mass is 794 g/mol. The van der Waals surface area contributed by atoms with E-state index in [-0.39, 0.29) is 28.4 Å². The molecule has 0 saturated carbocycles. The first-order chi connectivity index (χ1) is 28.9. The summed E-state index contributed by atoms with van der Waals surface area (Å²) in [7, 11) is 0. The van der Waals surface area contributed by atoms with E-state index in [0.717, 1.165) is 0 Å². The van der Waals surface area contributed by atoms with Gasteiger partial charge in [0, 0.05) is 44.8 Å². The Bertz CT molecular complexity index is 2920. The van der Waals surface area contributed by atoms with Gasteiger partial charge in [0.25, 0.3) is 6.71 Å². The van der Waals surface area contributed by atoms with E-state index in [1.165, 1.54) is 106 Å². The number of nitrogens with zero attached hydrogens (tertiary/aromatic N) is 2. The van der Waals surface area contributed by atoms with E-state index >= 15 is 0 Å². The van der Waals surface area contributed by atoms with Crippen molar-refractivity contribution in [1.29, 1.82) is 0 Å². The second-order valence-electron chi connectivity index (χ2n) is 21.3. The van der Waals surface area contributed by atoms with Crippen LogP contribution >= 0.6 is 0 Å². The van der Waals surface area contributed by atoms with Crippen LogP contribution in [-0.4, -0.2) is 6.71 Å². The highest BCUT2D eigenvalue weighted by Crippen LogP contribution is 2.54. The van der Waals surface area contributed by atoms with Crippen molar-refractivity contribution in [3.8, 4) is 11.1 Å². The van der Waals surface area contributed by atoms with E-state index in [9.17, 15) is 0 Å². The summed E-state index contributed by atoms with van der Waals surface area (Å²) in [6.07, 6.45) is 0. The van der Waals surface area contributed by atoms with E-state index in [4.69, 9.17) is 0 Å². The fourth-order valence-electron chi connectivity index (χ4n) is 10.8. The van der Waals surface area contributed by atoms with Crippen LogP contribution in [-0.2, 0) is 21.7 Å². The number of aryl methyl sites for hydroxylation is 2. The molecule has 2 aliphatic heterocycles. The zero-order valence-corrected chi connectivity index (χ0v) is 38.3. The molecule has 7 aromatic carbocycles. The topological polar surface area (TPSA) is 6.48 Å². The number of anilines is 6. The highest BCUT2D eigenvalue weighted by atomic mass is 15.2. The normalized spacial score (nSPS) is 15.7. The predicted molar refractivity (Wildman–Crippen MR) is 263 cm³/mol. The largest absolute Gasteiger partial charge is 0.311 e. The molecule has 0 aromatic heterocycles. The van der Waals surface area contributed by atoms with Crippen molar-refractivity contribution in [1.82, 2.24) is 0 Å². The molecule has 0 spiro atoms. The van der Waals surface area contributed by atoms with Crippen molar-refractivity contribution in [2.75, 3.05) is 9.80 Å². The van der Waals surface area contributed by atoms with E-state index in [0.29, 0.717) is 0 Å². The lowest BCUT2D eigenvalue weighted by Gasteiger charge is -2.48. The summed E-state index contributed by atoms with van der Waals surface area (Å²) in [6.45, 7) is 28.3. The van der Waals surface area contributed by atoms with Gasteiger partial charge in [-0.3, -0.25) is 0 Å². The summed E-state index contributed by atoms with van der Waals surface area (Å²) in [4.78, 5) is 5.25. The van der Waals surface area contributed by atoms with E-state index in [1.54, 1.807) is 0 Å². The first-order valence-electron chi connectivity index (χ1n) is 22.3. The Hall–Kier alpha value is -5.80. The molecule has 2 heterocycles. The predicted octanol–water partition coefficient (Wildman–Crippen LogP) is 13.6. The second kappa shape index (κ2) is 13.4. The number of benzene rings is 7. The lowest BCUT2D eigenvalue weighted by atomic mass is 9.33. The Morgan fingerprint density at radius 1 is 0.426 bits per heavy atom. The number of hydrogen-bond donors (Lipinski definition) is 0. The summed E-state index contributed by atoms with van der Waals surface area (Å²) in [6, 6.07) is 54.1. The van der Waals surface area contributed by atoms with Gasteiger partial charge >= 0.3 is 0 Å². The molecule has 0 bridgehead atoms. The van der Waals surface area contributed by atoms with Crippen molar-refractivity contribution in [3.63, 3.8) is 0 Å². The van der Waals surface area contributed by atoms with Gasteiger partial charge < -0.3 is 9.80 Å². The molecular formula is C58H59BN2. The SMILES string of the molecule is Cc1cccc(N2c3cc(C)ccc3B3c4cc5c(cc4N(c4ccc(C(C)(C)C)cc4-c4ccccc4)c4cc(C(C)(C)C)cc2c43)C(C)(C)c2ccccc2C5(C)C)c1. The smallest absolute Gasteiger partial charge is 0.252 e. The Labute approximate surface area is 365 Å². The van der Waals surface area contributed by atoms with E-state index < -0.39 is 0 Å². The molecule has 0 amide bonds. The molecule has 0 fully saturated rings. The van der Waals surface area contributed by atoms with Gasteiger partial charge in [0.15, 0.2) is 0 Å². The van der Waals surface area contributed by atoms with Crippen LogP contribution in [0.5, 0.6) is 0 Å². The van der Waals surface area contributed by atoms with Crippen molar-refractivity contribution >= 4 is 57.2 Å². The molecule has 0 atom stereocenters. The summed E-state index contributed by atoms with van der Waals surface area (Å²) < 4.78 is 0. The second-order valence-corrected chi connectivity index (χ2v) is 21.3. The van der Waals surface area contributed by atoms with Gasteiger partial charge in [-0.05, 0) is 140 Å². The third kappa shape index (κ3) is 5.98. The summed E-state index contributed by atoms with van der Waals surface area (Å²) >= 11 is 0. The van der Waals surface area contributed by atoms with Crippen molar-refractivity contribution in [2.45, 2.75) is 105 Å². The van der Waals surface area contributed by atoms with Crippen LogP contribution in [0.4, 0.5) is 34.1 Å². The van der Waals surface area contributed by atoms with Crippen LogP contribution in [0.1, 0.15) is 114 Å². The minimum absolute atomic E-state index is 0.0174. The summed E-state index contributed by atoms with van der Waals surface area (Å²) in [5, 5.41) is 0. The van der Waals surface area contributed by atoms with Gasteiger partial charge in [-0.1, -0.05) is 160 Å². The van der Waals surface area contributed by atoms with Gasteiger partial charge in [-0.15, -0.1) is 0 Å². The summed E-state index contributed by atoms with van der Waals surface area (Å²) in [5.74, 6) is 0. The van der Waals surface area contributed by atoms with Crippen LogP contribution < -0.4 is 26.2 Å². The van der Waals surface area contributed by atoms with Gasteiger partial charge in [0.05, 0.1) is 5.69 Å². The third-order valence-corrected chi connectivity index (χ3v) is 14.3. The Balaban J connectivity index is 1.39. The first-order valence-corrected chi connectivity index (χ1v) is 22.3. The zero-order valence-electron chi connectivity index (χ0n) is 38.3. The molecule has 304 valence electrons. The molecule has 0 saturated heterocycles. The first kappa shape index (κ1) is 39.3. The van der Waals surface area contributed by atoms with E-state index in [1.807, 2.05) is 0 Å². The molecule has 3 heteroatoms. The zero-order chi connectivity index (χ0) is 43.0. The van der Waals surface area contributed by atoms with E-state index in [2.05, 4.69) is 232 Å². The lowest BCUT2D eigenvalue weighted by Crippen LogP contribution is -2.62. The fourth-order valence-corrected chi connectivity index (χ4v) is 10.8. The number of hydrogen-bond acceptors (Lipinski definition) is 2. The van der Waals surface area contributed by atoms with Gasteiger partial charge in [-0.2, -0.15) is 0 Å². The molecule has 0 N–H and O–H groups in total. The van der Waals surface area contributed by atoms with Gasteiger partial charge in [0.2, 0.25) is 0 Å². The van der Waals surface area contributed by atoms with Crippen LogP contribution in [0, 0.1) is 13.8 Å². The Morgan fingerprint density at radius 3 is 1.66 bits per heavy atom. The maximum atomic E-state index is 2.67. The van der Waals surface area contributed by atoms with Crippen LogP contribution in [0.3, 0.4) is 0 Å². The van der Waals surface area contributed by atoms with Crippen LogP contribution in [0.15, 0.2) is 140 Å². The minimum Gasteiger partial charge on any atom is -0.311 e. The number of rotatable bonds is 3. The van der Waals surface area contributed by atoms with Crippen molar-refractivity contribution in [3.05, 3.63) is 184 Å². The molecule has 2 nitrogen and oxygen atoms in total. The van der Waals surface area contributed by atoms with Crippen molar-refractivity contribution in [2.24, 2.45) is 0 Å². The van der Waals surface area contributed by atoms with Gasteiger partial charge in [0.1, 0.15) is 0 Å². The van der Waals surface area contributed by atoms with Crippen LogP contribution in [0.2, 0.25) is 0 Å². The maximum absolute atomic E-state index is 2.67. The molecule has 3 aliphatic rings. The average molecular weight is 795 g/mol. The summed E-state index contributed by atoms with van der Waals surface area (Å²) in [5.41, 5.74) is 24.3. The maximum Gasteiger partial charge on any atom is 0.252 e. The van der Waals surface area contributed by atoms with Gasteiger partial charge in [-0.25, -0.2) is 0 Å². The number of fused-ring (bicyclic) bond motifs is 6. The quantitative estimate of drug-likeness (QED) is 0.164. The van der Waals surface area contributed by atoms with Crippen molar-refractivity contribution < 1.29 is 0 Å². The highest BCUT2D eigenvalue weighted by molar-refractivity contribution is 7.00. The van der Waals surface area contributed by atoms with Crippen LogP contribution in [0.25, 0.3) is 11.1 Å². The third-order valence-electron chi connectivity index (χ3n) is 14.3. The highest BCUT2D eigenvalue weighted by Gasteiger charge is 2.48. The average Bonchev–Trinajstić information content (AvgIpc) is 3.22. The fraction of sp³-hybridized carbons (Fsp3) is 0.276. The molecule has 0 radical (unpaired) electrons. The Kier molecular flexibility index (Phi) is 8.61. The molecular weight excluding hydrogens is 735 g/mol. The molecule has 61 heavy (non-hydrogen) atoms. The molecule has 10 rings (SSSR count). The Morgan fingerprint density at radius 2 is 1.02 bits per heavy atom. The standard InChI is InChI=1S/C58H59BN2/c1-36-19-18-22-41(29-36)60-50-30-37(2)25-27-47(50)59-48-34-45-46(58(11,12)44-24-17-16-23-43(44)57(45,9)10)35-51(48)61(53-33-40(56(6,7)8)32-52(60)54(53)59)49-28-26-39(55(3,4)5)31-42(49)38-20-14-13-15-21-38/h13-35H,1-12H3.